The molecule has 1 aromatic heterocycles. The Morgan fingerprint density at radius 2 is 1.77 bits per heavy atom. The predicted octanol–water partition coefficient (Wildman–Crippen LogP) is 4.90. The van der Waals surface area contributed by atoms with Crippen LogP contribution < -0.4 is 5.32 Å². The summed E-state index contributed by atoms with van der Waals surface area (Å²) >= 11 is 1.07. The molecule has 2 aromatic rings. The van der Waals surface area contributed by atoms with Crippen LogP contribution in [0.25, 0.3) is 0 Å². The molecule has 1 amide bonds. The Bertz CT molecular complexity index is 900. The molecular formula is C23H27NO5S. The highest BCUT2D eigenvalue weighted by Gasteiger charge is 2.29. The van der Waals surface area contributed by atoms with Crippen molar-refractivity contribution < 1.29 is 23.9 Å². The highest BCUT2D eigenvalue weighted by molar-refractivity contribution is 7.18. The summed E-state index contributed by atoms with van der Waals surface area (Å²) in [7, 11) is 0. The summed E-state index contributed by atoms with van der Waals surface area (Å²) in [6.07, 6.45) is 5.07. The normalized spacial score (nSPS) is 14.2. The van der Waals surface area contributed by atoms with Gasteiger partial charge in [0.15, 0.2) is 0 Å². The number of carbonyl (C=O) groups is 3. The van der Waals surface area contributed by atoms with E-state index in [0.29, 0.717) is 15.4 Å². The molecule has 6 nitrogen and oxygen atoms in total. The smallest absolute Gasteiger partial charge is 0.348 e. The summed E-state index contributed by atoms with van der Waals surface area (Å²) in [6, 6.07) is 9.33. The zero-order chi connectivity index (χ0) is 21.5. The molecule has 1 saturated carbocycles. The molecule has 0 aliphatic heterocycles. The Balaban J connectivity index is 1.81. The van der Waals surface area contributed by atoms with Crippen molar-refractivity contribution in [3.8, 4) is 0 Å². The number of carbonyl (C=O) groups excluding carboxylic acids is 3. The number of benzene rings is 1. The van der Waals surface area contributed by atoms with Crippen LogP contribution in [0.15, 0.2) is 30.3 Å². The third-order valence-corrected chi connectivity index (χ3v) is 6.29. The SMILES string of the molecule is CCOC(=O)c1c(NC(=O)Cc2ccccc2)sc(C(=O)OC2CCCCC2)c1C. The summed E-state index contributed by atoms with van der Waals surface area (Å²) < 4.78 is 10.8. The van der Waals surface area contributed by atoms with Crippen LogP contribution in [0, 0.1) is 6.92 Å². The number of amides is 1. The van der Waals surface area contributed by atoms with Gasteiger partial charge >= 0.3 is 11.9 Å². The van der Waals surface area contributed by atoms with Gasteiger partial charge in [0, 0.05) is 0 Å². The maximum absolute atomic E-state index is 12.8. The molecule has 7 heteroatoms. The topological polar surface area (TPSA) is 81.7 Å². The maximum atomic E-state index is 12.8. The molecule has 0 radical (unpaired) electrons. The zero-order valence-electron chi connectivity index (χ0n) is 17.4. The van der Waals surface area contributed by atoms with Crippen LogP contribution in [0.1, 0.15) is 70.2 Å². The third-order valence-electron chi connectivity index (χ3n) is 5.10. The van der Waals surface area contributed by atoms with Crippen LogP contribution in [0.3, 0.4) is 0 Å². The second kappa shape index (κ2) is 10.4. The fourth-order valence-corrected chi connectivity index (χ4v) is 4.68. The molecule has 1 fully saturated rings. The predicted molar refractivity (Wildman–Crippen MR) is 116 cm³/mol. The second-order valence-corrected chi connectivity index (χ2v) is 8.38. The molecule has 1 heterocycles. The van der Waals surface area contributed by atoms with Gasteiger partial charge in [-0.05, 0) is 50.7 Å². The minimum Gasteiger partial charge on any atom is -0.462 e. The third kappa shape index (κ3) is 5.48. The van der Waals surface area contributed by atoms with E-state index in [-0.39, 0.29) is 30.6 Å². The molecule has 0 saturated heterocycles. The number of ether oxygens (including phenoxy) is 2. The van der Waals surface area contributed by atoms with E-state index in [1.165, 1.54) is 0 Å². The number of hydrogen-bond donors (Lipinski definition) is 1. The lowest BCUT2D eigenvalue weighted by molar-refractivity contribution is -0.115. The van der Waals surface area contributed by atoms with E-state index >= 15 is 0 Å². The van der Waals surface area contributed by atoms with Gasteiger partial charge in [-0.25, -0.2) is 9.59 Å². The Hall–Kier alpha value is -2.67. The minimum absolute atomic E-state index is 0.0880. The van der Waals surface area contributed by atoms with Crippen LogP contribution in [0.4, 0.5) is 5.00 Å². The van der Waals surface area contributed by atoms with Crippen LogP contribution in [-0.4, -0.2) is 30.6 Å². The van der Waals surface area contributed by atoms with Crippen molar-refractivity contribution in [3.05, 3.63) is 51.9 Å². The lowest BCUT2D eigenvalue weighted by Gasteiger charge is -2.21. The first-order valence-corrected chi connectivity index (χ1v) is 11.2. The number of esters is 2. The van der Waals surface area contributed by atoms with Gasteiger partial charge in [0.1, 0.15) is 16.0 Å². The van der Waals surface area contributed by atoms with Gasteiger partial charge in [-0.15, -0.1) is 11.3 Å². The number of thiophene rings is 1. The van der Waals surface area contributed by atoms with Crippen LogP contribution in [0.2, 0.25) is 0 Å². The molecule has 1 N–H and O–H groups in total. The molecule has 160 valence electrons. The van der Waals surface area contributed by atoms with Crippen molar-refractivity contribution in [2.75, 3.05) is 11.9 Å². The molecule has 1 aliphatic rings. The van der Waals surface area contributed by atoms with E-state index in [1.54, 1.807) is 13.8 Å². The first-order chi connectivity index (χ1) is 14.5. The summed E-state index contributed by atoms with van der Waals surface area (Å²) in [5.74, 6) is -1.27. The van der Waals surface area contributed by atoms with Crippen molar-refractivity contribution in [1.29, 1.82) is 0 Å². The van der Waals surface area contributed by atoms with Gasteiger partial charge in [0.25, 0.3) is 0 Å². The molecule has 0 spiro atoms. The number of rotatable bonds is 7. The van der Waals surface area contributed by atoms with Crippen molar-refractivity contribution in [2.24, 2.45) is 0 Å². The summed E-state index contributed by atoms with van der Waals surface area (Å²) in [6.45, 7) is 3.60. The quantitative estimate of drug-likeness (QED) is 0.633. The zero-order valence-corrected chi connectivity index (χ0v) is 18.2. The van der Waals surface area contributed by atoms with Crippen molar-refractivity contribution in [1.82, 2.24) is 0 Å². The molecule has 0 bridgehead atoms. The average Bonchev–Trinajstić information content (AvgIpc) is 3.05. The van der Waals surface area contributed by atoms with Crippen LogP contribution in [0.5, 0.6) is 0 Å². The van der Waals surface area contributed by atoms with Crippen LogP contribution >= 0.6 is 11.3 Å². The Morgan fingerprint density at radius 1 is 1.07 bits per heavy atom. The summed E-state index contributed by atoms with van der Waals surface area (Å²) in [5, 5.41) is 3.11. The fourth-order valence-electron chi connectivity index (χ4n) is 3.59. The Labute approximate surface area is 180 Å². The maximum Gasteiger partial charge on any atom is 0.348 e. The molecule has 0 unspecified atom stereocenters. The largest absolute Gasteiger partial charge is 0.462 e. The van der Waals surface area contributed by atoms with Crippen molar-refractivity contribution in [2.45, 2.75) is 58.5 Å². The van der Waals surface area contributed by atoms with Gasteiger partial charge in [-0.2, -0.15) is 0 Å². The molecule has 3 rings (SSSR count). The van der Waals surface area contributed by atoms with E-state index in [4.69, 9.17) is 9.47 Å². The van der Waals surface area contributed by atoms with E-state index in [9.17, 15) is 14.4 Å². The summed E-state index contributed by atoms with van der Waals surface area (Å²) in [5.41, 5.74) is 1.56. The molecule has 1 aliphatic carbocycles. The van der Waals surface area contributed by atoms with E-state index in [2.05, 4.69) is 5.32 Å². The lowest BCUT2D eigenvalue weighted by atomic mass is 9.98. The van der Waals surface area contributed by atoms with E-state index in [0.717, 1.165) is 49.0 Å². The fraction of sp³-hybridized carbons (Fsp3) is 0.435. The van der Waals surface area contributed by atoms with Gasteiger partial charge in [0.2, 0.25) is 5.91 Å². The Kier molecular flexibility index (Phi) is 7.63. The van der Waals surface area contributed by atoms with E-state index < -0.39 is 11.9 Å². The number of hydrogen-bond acceptors (Lipinski definition) is 6. The molecule has 0 atom stereocenters. The minimum atomic E-state index is -0.557. The van der Waals surface area contributed by atoms with Gasteiger partial charge in [0.05, 0.1) is 18.6 Å². The first kappa shape index (κ1) is 22.0. The monoisotopic (exact) mass is 429 g/mol. The molecular weight excluding hydrogens is 402 g/mol. The highest BCUT2D eigenvalue weighted by Crippen LogP contribution is 2.35. The van der Waals surface area contributed by atoms with Gasteiger partial charge < -0.3 is 14.8 Å². The second-order valence-electron chi connectivity index (χ2n) is 7.36. The lowest BCUT2D eigenvalue weighted by Crippen LogP contribution is -2.21. The van der Waals surface area contributed by atoms with Crippen molar-refractivity contribution >= 4 is 34.2 Å². The number of anilines is 1. The van der Waals surface area contributed by atoms with E-state index in [1.807, 2.05) is 30.3 Å². The van der Waals surface area contributed by atoms with Gasteiger partial charge in [-0.3, -0.25) is 4.79 Å². The van der Waals surface area contributed by atoms with Crippen molar-refractivity contribution in [3.63, 3.8) is 0 Å². The highest BCUT2D eigenvalue weighted by atomic mass is 32.1. The van der Waals surface area contributed by atoms with Crippen LogP contribution in [-0.2, 0) is 20.7 Å². The van der Waals surface area contributed by atoms with Gasteiger partial charge in [-0.1, -0.05) is 36.8 Å². The molecule has 30 heavy (non-hydrogen) atoms. The number of nitrogens with one attached hydrogen (secondary N) is 1. The standard InChI is InChI=1S/C23H27NO5S/c1-3-28-22(26)19-15(2)20(23(27)29-17-12-8-5-9-13-17)30-21(19)24-18(25)14-16-10-6-4-7-11-16/h4,6-7,10-11,17H,3,5,8-9,12-14H2,1-2H3,(H,24,25). The summed E-state index contributed by atoms with van der Waals surface area (Å²) in [4.78, 5) is 38.2. The Morgan fingerprint density at radius 3 is 2.43 bits per heavy atom. The molecule has 1 aromatic carbocycles. The average molecular weight is 430 g/mol. The first-order valence-electron chi connectivity index (χ1n) is 10.3.